The van der Waals surface area contributed by atoms with Gasteiger partial charge < -0.3 is 9.64 Å². The fourth-order valence-electron chi connectivity index (χ4n) is 3.41. The Morgan fingerprint density at radius 1 is 1.22 bits per heavy atom. The monoisotopic (exact) mass is 355 g/mol. The van der Waals surface area contributed by atoms with Gasteiger partial charge in [0.1, 0.15) is 5.75 Å². The Hall–Kier alpha value is -0.970. The minimum absolute atomic E-state index is 0.520. The van der Waals surface area contributed by atoms with Crippen LogP contribution in [-0.2, 0) is 0 Å². The molecule has 1 aliphatic heterocycles. The van der Waals surface area contributed by atoms with Crippen LogP contribution in [0.2, 0.25) is 5.02 Å². The maximum atomic E-state index is 6.33. The van der Waals surface area contributed by atoms with Crippen molar-refractivity contribution in [1.29, 1.82) is 0 Å². The summed E-state index contributed by atoms with van der Waals surface area (Å²) in [4.78, 5) is 8.83. The third-order valence-corrected chi connectivity index (χ3v) is 5.27. The first-order valence-electron chi connectivity index (χ1n) is 8.21. The lowest BCUT2D eigenvalue weighted by atomic mass is 9.89. The topological polar surface area (TPSA) is 28.1 Å². The maximum Gasteiger partial charge on any atom is 0.200 e. The molecule has 1 aromatic rings. The zero-order valence-corrected chi connectivity index (χ0v) is 15.0. The first kappa shape index (κ1) is 16.9. The van der Waals surface area contributed by atoms with Crippen molar-refractivity contribution in [2.24, 2.45) is 10.9 Å². The number of hydrogen-bond donors (Lipinski definition) is 0. The zero-order chi connectivity index (χ0) is 16.2. The minimum Gasteiger partial charge on any atom is -0.495 e. The average molecular weight is 356 g/mol. The molecule has 2 aliphatic rings. The number of halogens is 2. The average Bonchev–Trinajstić information content (AvgIpc) is 2.57. The molecule has 0 bridgehead atoms. The molecule has 126 valence electrons. The van der Waals surface area contributed by atoms with Gasteiger partial charge in [0, 0.05) is 12.2 Å². The molecule has 1 aliphatic carbocycles. The van der Waals surface area contributed by atoms with Crippen LogP contribution in [0, 0.1) is 5.92 Å². The Morgan fingerprint density at radius 2 is 2.00 bits per heavy atom. The SMILES string of the molecule is COc1ccc(N2CN(CC3CCCCC3)CN=C2Cl)cc1Cl. The first-order chi connectivity index (χ1) is 11.2. The van der Waals surface area contributed by atoms with E-state index in [0.29, 0.717) is 22.7 Å². The number of ether oxygens (including phenoxy) is 1. The molecule has 3 rings (SSSR count). The molecule has 1 saturated carbocycles. The molecule has 0 radical (unpaired) electrons. The quantitative estimate of drug-likeness (QED) is 0.741. The molecule has 0 unspecified atom stereocenters. The van der Waals surface area contributed by atoms with E-state index in [1.165, 1.54) is 32.1 Å². The predicted molar refractivity (Wildman–Crippen MR) is 96.8 cm³/mol. The molecule has 0 N–H and O–H groups in total. The van der Waals surface area contributed by atoms with Crippen LogP contribution in [0.15, 0.2) is 23.2 Å². The van der Waals surface area contributed by atoms with Gasteiger partial charge in [-0.2, -0.15) is 0 Å². The Balaban J connectivity index is 1.70. The fraction of sp³-hybridized carbons (Fsp3) is 0.588. The lowest BCUT2D eigenvalue weighted by molar-refractivity contribution is 0.205. The predicted octanol–water partition coefficient (Wildman–Crippen LogP) is 4.56. The van der Waals surface area contributed by atoms with Gasteiger partial charge >= 0.3 is 0 Å². The lowest BCUT2D eigenvalue weighted by Gasteiger charge is -2.36. The summed E-state index contributed by atoms with van der Waals surface area (Å²) in [6.45, 7) is 2.52. The van der Waals surface area contributed by atoms with Crippen molar-refractivity contribution < 1.29 is 4.74 Å². The van der Waals surface area contributed by atoms with Crippen LogP contribution in [0.1, 0.15) is 32.1 Å². The number of benzene rings is 1. The summed E-state index contributed by atoms with van der Waals surface area (Å²) in [5.41, 5.74) is 0.942. The summed E-state index contributed by atoms with van der Waals surface area (Å²) in [7, 11) is 1.61. The molecule has 0 amide bonds. The van der Waals surface area contributed by atoms with E-state index in [4.69, 9.17) is 27.9 Å². The zero-order valence-electron chi connectivity index (χ0n) is 13.5. The molecular formula is C17H23Cl2N3O. The highest BCUT2D eigenvalue weighted by Crippen LogP contribution is 2.31. The number of rotatable bonds is 4. The first-order valence-corrected chi connectivity index (χ1v) is 8.96. The van der Waals surface area contributed by atoms with Gasteiger partial charge in [0.2, 0.25) is 5.29 Å². The van der Waals surface area contributed by atoms with Crippen molar-refractivity contribution in [2.45, 2.75) is 32.1 Å². The van der Waals surface area contributed by atoms with Crippen LogP contribution in [0.5, 0.6) is 5.75 Å². The molecule has 0 aromatic heterocycles. The Kier molecular flexibility index (Phi) is 5.67. The number of hydrogen-bond acceptors (Lipinski definition) is 4. The third-order valence-electron chi connectivity index (χ3n) is 4.65. The van der Waals surface area contributed by atoms with Crippen molar-refractivity contribution in [3.8, 4) is 5.75 Å². The molecule has 0 spiro atoms. The standard InChI is InChI=1S/C17H23Cl2N3O/c1-23-16-8-7-14(9-15(16)18)22-12-21(11-20-17(22)19)10-13-5-3-2-4-6-13/h7-9,13H,2-6,10-12H2,1H3. The van der Waals surface area contributed by atoms with E-state index in [1.54, 1.807) is 7.11 Å². The fourth-order valence-corrected chi connectivity index (χ4v) is 3.86. The van der Waals surface area contributed by atoms with Gasteiger partial charge in [0.05, 0.1) is 25.5 Å². The number of amidine groups is 1. The van der Waals surface area contributed by atoms with Crippen LogP contribution in [0.25, 0.3) is 0 Å². The van der Waals surface area contributed by atoms with E-state index >= 15 is 0 Å². The molecule has 1 fully saturated rings. The molecule has 0 atom stereocenters. The van der Waals surface area contributed by atoms with Crippen LogP contribution in [0.4, 0.5) is 5.69 Å². The normalized spacial score (nSPS) is 20.5. The van der Waals surface area contributed by atoms with Crippen LogP contribution in [-0.4, -0.2) is 37.2 Å². The molecular weight excluding hydrogens is 333 g/mol. The van der Waals surface area contributed by atoms with Gasteiger partial charge in [-0.3, -0.25) is 4.90 Å². The Morgan fingerprint density at radius 3 is 2.70 bits per heavy atom. The Bertz CT molecular complexity index is 573. The smallest absolute Gasteiger partial charge is 0.200 e. The van der Waals surface area contributed by atoms with Crippen molar-refractivity contribution in [1.82, 2.24) is 4.90 Å². The molecule has 1 heterocycles. The second-order valence-corrected chi connectivity index (χ2v) is 7.06. The van der Waals surface area contributed by atoms with Gasteiger partial charge in [-0.25, -0.2) is 4.99 Å². The number of methoxy groups -OCH3 is 1. The molecule has 4 nitrogen and oxygen atoms in total. The number of anilines is 1. The van der Waals surface area contributed by atoms with Crippen LogP contribution >= 0.6 is 23.2 Å². The van der Waals surface area contributed by atoms with Gasteiger partial charge in [0.15, 0.2) is 0 Å². The summed E-state index contributed by atoms with van der Waals surface area (Å²) in [6.07, 6.45) is 6.78. The molecule has 1 aromatic carbocycles. The summed E-state index contributed by atoms with van der Waals surface area (Å²) >= 11 is 12.6. The van der Waals surface area contributed by atoms with Crippen LogP contribution < -0.4 is 9.64 Å². The van der Waals surface area contributed by atoms with Crippen molar-refractivity contribution in [3.05, 3.63) is 23.2 Å². The van der Waals surface area contributed by atoms with Gasteiger partial charge in [-0.15, -0.1) is 0 Å². The largest absolute Gasteiger partial charge is 0.495 e. The van der Waals surface area contributed by atoms with E-state index in [2.05, 4.69) is 9.89 Å². The number of nitrogens with zero attached hydrogens (tertiary/aromatic N) is 3. The second-order valence-electron chi connectivity index (χ2n) is 6.31. The van der Waals surface area contributed by atoms with Crippen LogP contribution in [0.3, 0.4) is 0 Å². The van der Waals surface area contributed by atoms with Crippen molar-refractivity contribution >= 4 is 34.2 Å². The van der Waals surface area contributed by atoms with Gasteiger partial charge in [-0.05, 0) is 48.6 Å². The highest BCUT2D eigenvalue weighted by atomic mass is 35.5. The van der Waals surface area contributed by atoms with E-state index in [1.807, 2.05) is 23.1 Å². The van der Waals surface area contributed by atoms with E-state index in [-0.39, 0.29) is 0 Å². The minimum atomic E-state index is 0.520. The highest BCUT2D eigenvalue weighted by Gasteiger charge is 2.24. The lowest BCUT2D eigenvalue weighted by Crippen LogP contribution is -2.46. The summed E-state index contributed by atoms with van der Waals surface area (Å²) in [5.74, 6) is 1.46. The summed E-state index contributed by atoms with van der Waals surface area (Å²) in [6, 6.07) is 5.71. The molecule has 23 heavy (non-hydrogen) atoms. The van der Waals surface area contributed by atoms with Crippen molar-refractivity contribution in [2.75, 3.05) is 31.9 Å². The molecule has 0 saturated heterocycles. The van der Waals surface area contributed by atoms with Gasteiger partial charge in [0.25, 0.3) is 0 Å². The molecule has 6 heteroatoms. The number of aliphatic imine (C=N–C) groups is 1. The summed E-state index contributed by atoms with van der Waals surface area (Å²) < 4.78 is 5.21. The highest BCUT2D eigenvalue weighted by molar-refractivity contribution is 6.68. The Labute approximate surface area is 148 Å². The van der Waals surface area contributed by atoms with Crippen molar-refractivity contribution in [3.63, 3.8) is 0 Å². The third kappa shape index (κ3) is 4.11. The summed E-state index contributed by atoms with van der Waals surface area (Å²) in [5, 5.41) is 1.10. The van der Waals surface area contributed by atoms with E-state index in [0.717, 1.165) is 24.8 Å². The second kappa shape index (κ2) is 7.73. The maximum absolute atomic E-state index is 6.33. The van der Waals surface area contributed by atoms with Gasteiger partial charge in [-0.1, -0.05) is 30.9 Å². The van der Waals surface area contributed by atoms with E-state index in [9.17, 15) is 0 Å². The van der Waals surface area contributed by atoms with E-state index < -0.39 is 0 Å².